The van der Waals surface area contributed by atoms with E-state index in [1.54, 1.807) is 0 Å². The van der Waals surface area contributed by atoms with Crippen LogP contribution in [-0.4, -0.2) is 18.4 Å². The molecule has 0 spiro atoms. The molecule has 0 aliphatic rings. The lowest BCUT2D eigenvalue weighted by Gasteiger charge is -2.08. The van der Waals surface area contributed by atoms with Crippen LogP contribution < -0.4 is 0 Å². The third kappa shape index (κ3) is 4.56. The van der Waals surface area contributed by atoms with Gasteiger partial charge in [0.15, 0.2) is 12.4 Å². The molecule has 0 N–H and O–H groups in total. The number of ketones is 1. The molecule has 0 heterocycles. The largest absolute Gasteiger partial charge is 0.454 e. The van der Waals surface area contributed by atoms with Gasteiger partial charge in [-0.2, -0.15) is 13.2 Å². The molecule has 0 aliphatic heterocycles. The van der Waals surface area contributed by atoms with E-state index in [4.69, 9.17) is 16.3 Å². The van der Waals surface area contributed by atoms with Crippen LogP contribution in [-0.2, 0) is 10.9 Å². The lowest BCUT2D eigenvalue weighted by molar-refractivity contribution is -0.137. The number of Topliss-reactive ketones (excluding diaryl/α,β-unsaturated/α-hetero) is 1. The average molecular weight is 343 g/mol. The second-order valence-electron chi connectivity index (χ2n) is 4.58. The van der Waals surface area contributed by atoms with Crippen molar-refractivity contribution in [3.63, 3.8) is 0 Å². The predicted octanol–water partition coefficient (Wildman–Crippen LogP) is 4.40. The standard InChI is InChI=1S/C16H10ClF3O3/c17-13-6-4-10(5-7-13)14(21)9-23-15(22)11-2-1-3-12(8-11)16(18,19)20/h1-8H,9H2. The molecule has 0 saturated carbocycles. The van der Waals surface area contributed by atoms with E-state index >= 15 is 0 Å². The van der Waals surface area contributed by atoms with Gasteiger partial charge in [-0.15, -0.1) is 0 Å². The van der Waals surface area contributed by atoms with E-state index in [0.29, 0.717) is 11.1 Å². The molecule has 2 rings (SSSR count). The van der Waals surface area contributed by atoms with Crippen molar-refractivity contribution in [2.45, 2.75) is 6.18 Å². The molecule has 0 unspecified atom stereocenters. The summed E-state index contributed by atoms with van der Waals surface area (Å²) < 4.78 is 42.5. The molecule has 23 heavy (non-hydrogen) atoms. The molecule has 0 fully saturated rings. The Morgan fingerprint density at radius 2 is 1.65 bits per heavy atom. The fraction of sp³-hybridized carbons (Fsp3) is 0.125. The van der Waals surface area contributed by atoms with E-state index in [0.717, 1.165) is 12.1 Å². The second-order valence-corrected chi connectivity index (χ2v) is 5.02. The Morgan fingerprint density at radius 1 is 1.00 bits per heavy atom. The Hall–Kier alpha value is -2.34. The lowest BCUT2D eigenvalue weighted by Crippen LogP contribution is -2.15. The summed E-state index contributed by atoms with van der Waals surface area (Å²) >= 11 is 5.69. The Balaban J connectivity index is 2.02. The SMILES string of the molecule is O=C(COC(=O)c1cccc(C(F)(F)F)c1)c1ccc(Cl)cc1. The third-order valence-corrected chi connectivity index (χ3v) is 3.18. The Morgan fingerprint density at radius 3 is 2.26 bits per heavy atom. The van der Waals surface area contributed by atoms with Crippen LogP contribution in [0.3, 0.4) is 0 Å². The van der Waals surface area contributed by atoms with Crippen molar-refractivity contribution in [2.75, 3.05) is 6.61 Å². The maximum Gasteiger partial charge on any atom is 0.416 e. The number of hydrogen-bond acceptors (Lipinski definition) is 3. The molecular weight excluding hydrogens is 333 g/mol. The van der Waals surface area contributed by atoms with E-state index in [-0.39, 0.29) is 11.1 Å². The molecule has 7 heteroatoms. The number of carbonyl (C=O) groups excluding carboxylic acids is 2. The van der Waals surface area contributed by atoms with E-state index in [1.165, 1.54) is 30.3 Å². The molecule has 0 atom stereocenters. The van der Waals surface area contributed by atoms with Crippen LogP contribution in [0.5, 0.6) is 0 Å². The topological polar surface area (TPSA) is 43.4 Å². The first kappa shape index (κ1) is 17.0. The van der Waals surface area contributed by atoms with Gasteiger partial charge in [-0.1, -0.05) is 17.7 Å². The highest BCUT2D eigenvalue weighted by Gasteiger charge is 2.31. The van der Waals surface area contributed by atoms with Crippen LogP contribution in [0.2, 0.25) is 5.02 Å². The van der Waals surface area contributed by atoms with Gasteiger partial charge in [0.25, 0.3) is 0 Å². The summed E-state index contributed by atoms with van der Waals surface area (Å²) in [5.41, 5.74) is -0.953. The molecular formula is C16H10ClF3O3. The van der Waals surface area contributed by atoms with Gasteiger partial charge < -0.3 is 4.74 Å². The van der Waals surface area contributed by atoms with Gasteiger partial charge in [0.1, 0.15) is 0 Å². The molecule has 120 valence electrons. The van der Waals surface area contributed by atoms with Crippen LogP contribution in [0, 0.1) is 0 Å². The van der Waals surface area contributed by atoms with Crippen molar-refractivity contribution < 1.29 is 27.5 Å². The molecule has 0 bridgehead atoms. The summed E-state index contributed by atoms with van der Waals surface area (Å²) in [5.74, 6) is -1.49. The second kappa shape index (κ2) is 6.83. The summed E-state index contributed by atoms with van der Waals surface area (Å²) in [5, 5.41) is 0.447. The molecule has 0 radical (unpaired) electrons. The quantitative estimate of drug-likeness (QED) is 0.611. The fourth-order valence-electron chi connectivity index (χ4n) is 1.76. The molecule has 3 nitrogen and oxygen atoms in total. The van der Waals surface area contributed by atoms with E-state index in [2.05, 4.69) is 0 Å². The van der Waals surface area contributed by atoms with Crippen molar-refractivity contribution in [3.8, 4) is 0 Å². The first-order chi connectivity index (χ1) is 10.8. The van der Waals surface area contributed by atoms with Gasteiger partial charge >= 0.3 is 12.1 Å². The number of hydrogen-bond donors (Lipinski definition) is 0. The number of carbonyl (C=O) groups is 2. The van der Waals surface area contributed by atoms with Gasteiger partial charge in [0, 0.05) is 10.6 Å². The number of esters is 1. The van der Waals surface area contributed by atoms with Gasteiger partial charge in [0.2, 0.25) is 0 Å². The first-order valence-corrected chi connectivity index (χ1v) is 6.78. The molecule has 2 aromatic rings. The number of halogens is 4. The van der Waals surface area contributed by atoms with Crippen molar-refractivity contribution in [3.05, 3.63) is 70.2 Å². The molecule has 2 aromatic carbocycles. The fourth-order valence-corrected chi connectivity index (χ4v) is 1.88. The Bertz CT molecular complexity index is 724. The summed E-state index contributed by atoms with van der Waals surface area (Å²) in [6.07, 6.45) is -4.56. The smallest absolute Gasteiger partial charge is 0.416 e. The minimum Gasteiger partial charge on any atom is -0.454 e. The number of ether oxygens (including phenoxy) is 1. The zero-order valence-electron chi connectivity index (χ0n) is 11.6. The van der Waals surface area contributed by atoms with Gasteiger partial charge in [-0.25, -0.2) is 4.79 Å². The highest BCUT2D eigenvalue weighted by molar-refractivity contribution is 6.30. The molecule has 0 amide bonds. The van der Waals surface area contributed by atoms with Gasteiger partial charge in [0.05, 0.1) is 11.1 Å². The maximum absolute atomic E-state index is 12.6. The third-order valence-electron chi connectivity index (χ3n) is 2.93. The average Bonchev–Trinajstić information content (AvgIpc) is 2.52. The summed E-state index contributed by atoms with van der Waals surface area (Å²) in [6.45, 7) is -0.573. The Kier molecular flexibility index (Phi) is 5.05. The van der Waals surface area contributed by atoms with Gasteiger partial charge in [-0.3, -0.25) is 4.79 Å². The summed E-state index contributed by atoms with van der Waals surface area (Å²) in [6, 6.07) is 9.73. The van der Waals surface area contributed by atoms with Crippen LogP contribution in [0.15, 0.2) is 48.5 Å². The van der Waals surface area contributed by atoms with Crippen LogP contribution >= 0.6 is 11.6 Å². The summed E-state index contributed by atoms with van der Waals surface area (Å²) in [7, 11) is 0. The van der Waals surface area contributed by atoms with E-state index in [9.17, 15) is 22.8 Å². The maximum atomic E-state index is 12.6. The van der Waals surface area contributed by atoms with Crippen LogP contribution in [0.25, 0.3) is 0 Å². The zero-order valence-corrected chi connectivity index (χ0v) is 12.3. The minimum atomic E-state index is -4.56. The number of rotatable bonds is 4. The summed E-state index contributed by atoms with van der Waals surface area (Å²) in [4.78, 5) is 23.6. The Labute approximate surface area is 134 Å². The predicted molar refractivity (Wildman–Crippen MR) is 77.5 cm³/mol. The van der Waals surface area contributed by atoms with Crippen molar-refractivity contribution in [2.24, 2.45) is 0 Å². The van der Waals surface area contributed by atoms with E-state index in [1.807, 2.05) is 0 Å². The molecule has 0 aromatic heterocycles. The first-order valence-electron chi connectivity index (χ1n) is 6.40. The van der Waals surface area contributed by atoms with Gasteiger partial charge in [-0.05, 0) is 42.5 Å². The monoisotopic (exact) mass is 342 g/mol. The minimum absolute atomic E-state index is 0.274. The highest BCUT2D eigenvalue weighted by Crippen LogP contribution is 2.29. The molecule has 0 aliphatic carbocycles. The normalized spacial score (nSPS) is 11.1. The van der Waals surface area contributed by atoms with Crippen LogP contribution in [0.1, 0.15) is 26.3 Å². The van der Waals surface area contributed by atoms with Crippen molar-refractivity contribution in [1.29, 1.82) is 0 Å². The van der Waals surface area contributed by atoms with Crippen molar-refractivity contribution in [1.82, 2.24) is 0 Å². The lowest BCUT2D eigenvalue weighted by atomic mass is 10.1. The van der Waals surface area contributed by atoms with Crippen LogP contribution in [0.4, 0.5) is 13.2 Å². The number of alkyl halides is 3. The number of benzene rings is 2. The van der Waals surface area contributed by atoms with Crippen molar-refractivity contribution >= 4 is 23.4 Å². The van der Waals surface area contributed by atoms with E-state index < -0.39 is 30.1 Å². The molecule has 0 saturated heterocycles. The highest BCUT2D eigenvalue weighted by atomic mass is 35.5. The zero-order chi connectivity index (χ0) is 17.0.